The van der Waals surface area contributed by atoms with Crippen molar-refractivity contribution in [1.29, 1.82) is 0 Å². The van der Waals surface area contributed by atoms with Crippen molar-refractivity contribution in [2.24, 2.45) is 0 Å². The number of benzene rings is 2. The monoisotopic (exact) mass is 347 g/mol. The Morgan fingerprint density at radius 1 is 1.00 bits per heavy atom. The molecule has 0 aliphatic carbocycles. The lowest BCUT2D eigenvalue weighted by Gasteiger charge is -2.13. The van der Waals surface area contributed by atoms with Gasteiger partial charge in [-0.25, -0.2) is 8.42 Å². The van der Waals surface area contributed by atoms with Gasteiger partial charge in [0, 0.05) is 23.9 Å². The quantitative estimate of drug-likeness (QED) is 0.807. The summed E-state index contributed by atoms with van der Waals surface area (Å²) in [4.78, 5) is 13.8. The van der Waals surface area contributed by atoms with Crippen molar-refractivity contribution in [2.75, 3.05) is 20.4 Å². The highest BCUT2D eigenvalue weighted by molar-refractivity contribution is 7.90. The third-order valence-corrected chi connectivity index (χ3v) is 4.77. The average Bonchev–Trinajstić information content (AvgIpc) is 2.52. The molecule has 0 atom stereocenters. The molecule has 0 radical (unpaired) electrons. The first-order valence-electron chi connectivity index (χ1n) is 7.71. The molecule has 0 heterocycles. The fourth-order valence-electron chi connectivity index (χ4n) is 2.41. The Morgan fingerprint density at radius 2 is 1.58 bits per heavy atom. The van der Waals surface area contributed by atoms with Crippen molar-refractivity contribution >= 4 is 15.7 Å². The first-order valence-corrected chi connectivity index (χ1v) is 9.60. The number of carbonyl (C=O) groups excluding carboxylic acids is 1. The van der Waals surface area contributed by atoms with Crippen LogP contribution in [-0.4, -0.2) is 34.7 Å². The second-order valence-electron chi connectivity index (χ2n) is 6.13. The van der Waals surface area contributed by atoms with Crippen molar-refractivity contribution in [3.8, 4) is 0 Å². The average molecular weight is 347 g/mol. The molecular weight excluding hydrogens is 324 g/mol. The second kappa shape index (κ2) is 7.59. The summed E-state index contributed by atoms with van der Waals surface area (Å²) < 4.78 is 22.9. The Kier molecular flexibility index (Phi) is 5.75. The maximum absolute atomic E-state index is 12.2. The highest BCUT2D eigenvalue weighted by Crippen LogP contribution is 2.11. The summed E-state index contributed by atoms with van der Waals surface area (Å²) in [6, 6.07) is 14.0. The zero-order chi connectivity index (χ0) is 17.7. The predicted octanol–water partition coefficient (Wildman–Crippen LogP) is 0.665. The molecule has 0 aromatic heterocycles. The molecule has 1 amide bonds. The van der Waals surface area contributed by atoms with Crippen LogP contribution in [0.3, 0.4) is 0 Å². The Balaban J connectivity index is 2.06. The summed E-state index contributed by atoms with van der Waals surface area (Å²) in [7, 11) is 0.912. The Morgan fingerprint density at radius 3 is 2.12 bits per heavy atom. The number of amides is 1. The van der Waals surface area contributed by atoms with E-state index in [9.17, 15) is 13.2 Å². The highest BCUT2D eigenvalue weighted by atomic mass is 32.2. The van der Waals surface area contributed by atoms with E-state index in [2.05, 4.69) is 25.5 Å². The van der Waals surface area contributed by atoms with Gasteiger partial charge in [-0.15, -0.1) is 0 Å². The fourth-order valence-corrected chi connectivity index (χ4v) is 3.04. The van der Waals surface area contributed by atoms with Crippen molar-refractivity contribution in [3.63, 3.8) is 0 Å². The van der Waals surface area contributed by atoms with E-state index in [0.717, 1.165) is 18.4 Å². The summed E-state index contributed by atoms with van der Waals surface area (Å²) in [6.45, 7) is 1.32. The minimum Gasteiger partial charge on any atom is -0.348 e. The van der Waals surface area contributed by atoms with Gasteiger partial charge in [0.2, 0.25) is 0 Å². The van der Waals surface area contributed by atoms with Gasteiger partial charge in [-0.1, -0.05) is 24.3 Å². The van der Waals surface area contributed by atoms with Crippen molar-refractivity contribution in [2.45, 2.75) is 18.0 Å². The molecular formula is C18H23N2O3S+. The van der Waals surface area contributed by atoms with Crippen molar-refractivity contribution in [1.82, 2.24) is 5.32 Å². The van der Waals surface area contributed by atoms with Gasteiger partial charge in [0.1, 0.15) is 6.54 Å². The predicted molar refractivity (Wildman–Crippen MR) is 93.7 cm³/mol. The van der Waals surface area contributed by atoms with Crippen LogP contribution in [0.4, 0.5) is 0 Å². The van der Waals surface area contributed by atoms with Gasteiger partial charge in [0.15, 0.2) is 9.84 Å². The maximum atomic E-state index is 12.2. The third kappa shape index (κ3) is 4.91. The molecule has 0 unspecified atom stereocenters. The van der Waals surface area contributed by atoms with Crippen LogP contribution in [0.5, 0.6) is 0 Å². The number of sulfone groups is 1. The van der Waals surface area contributed by atoms with Gasteiger partial charge in [-0.3, -0.25) is 4.79 Å². The van der Waals surface area contributed by atoms with Crippen LogP contribution >= 0.6 is 0 Å². The molecule has 24 heavy (non-hydrogen) atoms. The van der Waals surface area contributed by atoms with Crippen LogP contribution in [0.2, 0.25) is 0 Å². The van der Waals surface area contributed by atoms with Gasteiger partial charge in [-0.05, 0) is 29.8 Å². The number of rotatable bonds is 6. The lowest BCUT2D eigenvalue weighted by Crippen LogP contribution is -3.04. The van der Waals surface area contributed by atoms with E-state index in [4.69, 9.17) is 0 Å². The van der Waals surface area contributed by atoms with Crippen LogP contribution in [0.15, 0.2) is 53.4 Å². The smallest absolute Gasteiger partial charge is 0.251 e. The summed E-state index contributed by atoms with van der Waals surface area (Å²) in [5.41, 5.74) is 2.73. The molecule has 0 saturated carbocycles. The molecule has 128 valence electrons. The fraction of sp³-hybridized carbons (Fsp3) is 0.278. The number of carbonyl (C=O) groups is 1. The second-order valence-corrected chi connectivity index (χ2v) is 8.15. The van der Waals surface area contributed by atoms with E-state index in [1.165, 1.54) is 34.7 Å². The molecule has 2 aromatic rings. The lowest BCUT2D eigenvalue weighted by molar-refractivity contribution is -0.872. The SMILES string of the molecule is C[NH+](C)Cc1ccccc1CNC(=O)c1ccc(S(C)(=O)=O)cc1. The van der Waals surface area contributed by atoms with Gasteiger partial charge in [0.05, 0.1) is 19.0 Å². The molecule has 0 aliphatic rings. The van der Waals surface area contributed by atoms with Gasteiger partial charge < -0.3 is 10.2 Å². The van der Waals surface area contributed by atoms with E-state index >= 15 is 0 Å². The number of nitrogens with one attached hydrogen (secondary N) is 2. The molecule has 6 heteroatoms. The number of hydrogen-bond donors (Lipinski definition) is 2. The zero-order valence-electron chi connectivity index (χ0n) is 14.2. The van der Waals surface area contributed by atoms with Crippen LogP contribution in [0, 0.1) is 0 Å². The molecule has 2 N–H and O–H groups in total. The van der Waals surface area contributed by atoms with Crippen LogP contribution in [-0.2, 0) is 22.9 Å². The van der Waals surface area contributed by atoms with E-state index < -0.39 is 9.84 Å². The van der Waals surface area contributed by atoms with Crippen molar-refractivity contribution < 1.29 is 18.1 Å². The summed E-state index contributed by atoms with van der Waals surface area (Å²) >= 11 is 0. The molecule has 0 aliphatic heterocycles. The number of quaternary nitrogens is 1. The normalized spacial score (nSPS) is 11.5. The molecule has 0 bridgehead atoms. The topological polar surface area (TPSA) is 67.7 Å². The van der Waals surface area contributed by atoms with Crippen molar-refractivity contribution in [3.05, 3.63) is 65.2 Å². The first-order chi connectivity index (χ1) is 11.3. The summed E-state index contributed by atoms with van der Waals surface area (Å²) in [5, 5.41) is 2.89. The standard InChI is InChI=1S/C18H22N2O3S/c1-20(2)13-16-7-5-4-6-15(16)12-19-18(21)14-8-10-17(11-9-14)24(3,22)23/h4-11H,12-13H2,1-3H3,(H,19,21)/p+1. The molecule has 0 saturated heterocycles. The van der Waals surface area contributed by atoms with E-state index in [1.807, 2.05) is 18.2 Å². The van der Waals surface area contributed by atoms with Crippen LogP contribution in [0.1, 0.15) is 21.5 Å². The first kappa shape index (κ1) is 18.2. The number of hydrogen-bond acceptors (Lipinski definition) is 3. The van der Waals surface area contributed by atoms with E-state index in [-0.39, 0.29) is 10.8 Å². The highest BCUT2D eigenvalue weighted by Gasteiger charge is 2.11. The van der Waals surface area contributed by atoms with Gasteiger partial charge >= 0.3 is 0 Å². The molecule has 2 aromatic carbocycles. The molecule has 2 rings (SSSR count). The maximum Gasteiger partial charge on any atom is 0.251 e. The Labute approximate surface area is 143 Å². The van der Waals surface area contributed by atoms with Crippen LogP contribution in [0.25, 0.3) is 0 Å². The Bertz CT molecular complexity index is 812. The molecule has 5 nitrogen and oxygen atoms in total. The minimum absolute atomic E-state index is 0.207. The van der Waals surface area contributed by atoms with Gasteiger partial charge in [-0.2, -0.15) is 0 Å². The molecule has 0 fully saturated rings. The van der Waals surface area contributed by atoms with Gasteiger partial charge in [0.25, 0.3) is 5.91 Å². The summed E-state index contributed by atoms with van der Waals surface area (Å²) in [5.74, 6) is -0.220. The summed E-state index contributed by atoms with van der Waals surface area (Å²) in [6.07, 6.45) is 1.14. The Hall–Kier alpha value is -2.18. The van der Waals surface area contributed by atoms with E-state index in [1.54, 1.807) is 0 Å². The van der Waals surface area contributed by atoms with E-state index in [0.29, 0.717) is 12.1 Å². The van der Waals surface area contributed by atoms with Crippen LogP contribution < -0.4 is 10.2 Å². The largest absolute Gasteiger partial charge is 0.348 e. The minimum atomic E-state index is -3.25. The zero-order valence-corrected chi connectivity index (χ0v) is 15.0. The lowest BCUT2D eigenvalue weighted by atomic mass is 10.1. The molecule has 0 spiro atoms. The third-order valence-electron chi connectivity index (χ3n) is 3.65.